The summed E-state index contributed by atoms with van der Waals surface area (Å²) in [5.74, 6) is -0.849. The molecule has 3 aromatic rings. The largest absolute Gasteiger partial charge is 0.497 e. The molecule has 6 atom stereocenters. The summed E-state index contributed by atoms with van der Waals surface area (Å²) in [5.41, 5.74) is 0.0405. The quantitative estimate of drug-likeness (QED) is 0.150. The Morgan fingerprint density at radius 2 is 1.83 bits per heavy atom. The highest BCUT2D eigenvalue weighted by molar-refractivity contribution is 6.91. The second-order valence-corrected chi connectivity index (χ2v) is 19.3. The van der Waals surface area contributed by atoms with Crippen LogP contribution in [0.25, 0.3) is 0 Å². The molecule has 1 spiro atoms. The van der Waals surface area contributed by atoms with Gasteiger partial charge in [-0.3, -0.25) is 24.5 Å². The second kappa shape index (κ2) is 14.4. The molecule has 52 heavy (non-hydrogen) atoms. The number of nitro benzene ring substituents is 1. The molecule has 0 unspecified atom stereocenters. The van der Waals surface area contributed by atoms with Gasteiger partial charge in [-0.1, -0.05) is 49.5 Å². The maximum Gasteiger partial charge on any atom is 0.269 e. The first-order chi connectivity index (χ1) is 24.7. The molecule has 3 N–H and O–H groups in total. The van der Waals surface area contributed by atoms with Crippen molar-refractivity contribution in [3.05, 3.63) is 88.0 Å². The number of nitrogens with one attached hydrogen (secondary N) is 1. The molecule has 13 nitrogen and oxygen atoms in total. The number of non-ortho nitro benzene ring substituents is 1. The number of likely N-dealkylation sites (tertiary alicyclic amines) is 1. The van der Waals surface area contributed by atoms with Crippen molar-refractivity contribution in [3.63, 3.8) is 0 Å². The summed E-state index contributed by atoms with van der Waals surface area (Å²) in [5, 5.41) is 35.4. The number of rotatable bonds is 11. The van der Waals surface area contributed by atoms with Gasteiger partial charge < -0.3 is 34.8 Å². The van der Waals surface area contributed by atoms with Crippen LogP contribution in [0.5, 0.6) is 5.75 Å². The van der Waals surface area contributed by atoms with E-state index in [9.17, 15) is 29.9 Å². The second-order valence-electron chi connectivity index (χ2n) is 14.6. The zero-order valence-corrected chi connectivity index (χ0v) is 31.1. The fraction of sp³-hybridized carbons (Fsp3) is 0.447. The first-order valence-corrected chi connectivity index (χ1v) is 20.7. The molecule has 3 amide bonds. The van der Waals surface area contributed by atoms with Gasteiger partial charge >= 0.3 is 0 Å². The van der Waals surface area contributed by atoms with Gasteiger partial charge in [0.05, 0.1) is 57.5 Å². The monoisotopic (exact) mass is 730 g/mol. The van der Waals surface area contributed by atoms with Crippen LogP contribution in [0.2, 0.25) is 18.6 Å². The number of hydrogen-bond acceptors (Lipinski definition) is 9. The zero-order valence-electron chi connectivity index (χ0n) is 30.1. The SMILES string of the molecule is COc1ccc([Si](C)(C)[C@H]2[C@H](CC(=O)N3CCC[C@H]3CO)O[C@@]3(C(=O)N(Cc4ccc(NC(=O)[C@H](C)O)cc4)c4ccc([N+](=O)[O-])cc43)[C@@H]2C)cc1. The number of methoxy groups -OCH3 is 1. The number of nitro groups is 1. The molecule has 3 aliphatic rings. The predicted molar refractivity (Wildman–Crippen MR) is 197 cm³/mol. The maximum absolute atomic E-state index is 15.1. The molecule has 276 valence electrons. The summed E-state index contributed by atoms with van der Waals surface area (Å²) in [6, 6.07) is 18.9. The predicted octanol–water partition coefficient (Wildman–Crippen LogP) is 4.06. The zero-order chi connectivity index (χ0) is 37.5. The Morgan fingerprint density at radius 1 is 1.13 bits per heavy atom. The van der Waals surface area contributed by atoms with E-state index in [-0.39, 0.29) is 48.7 Å². The van der Waals surface area contributed by atoms with Gasteiger partial charge in [0.1, 0.15) is 11.9 Å². The number of ether oxygens (including phenoxy) is 2. The number of hydrogen-bond donors (Lipinski definition) is 3. The van der Waals surface area contributed by atoms with E-state index in [0.717, 1.165) is 17.2 Å². The molecule has 2 saturated heterocycles. The Hall–Kier alpha value is -4.63. The molecule has 0 aliphatic carbocycles. The molecule has 0 saturated carbocycles. The van der Waals surface area contributed by atoms with Gasteiger partial charge in [-0.2, -0.15) is 0 Å². The van der Waals surface area contributed by atoms with Crippen molar-refractivity contribution in [2.45, 2.75) is 82.1 Å². The van der Waals surface area contributed by atoms with Gasteiger partial charge in [-0.05, 0) is 61.2 Å². The van der Waals surface area contributed by atoms with Crippen LogP contribution in [-0.2, 0) is 31.3 Å². The molecular formula is C38H46N4O9Si. The Kier molecular flexibility index (Phi) is 10.3. The van der Waals surface area contributed by atoms with Crippen LogP contribution >= 0.6 is 0 Å². The number of nitrogens with zero attached hydrogens (tertiary/aromatic N) is 3. The Labute approximate surface area is 303 Å². The van der Waals surface area contributed by atoms with Gasteiger partial charge in [-0.15, -0.1) is 0 Å². The van der Waals surface area contributed by atoms with E-state index in [1.54, 1.807) is 47.2 Å². The van der Waals surface area contributed by atoms with Gasteiger partial charge in [0, 0.05) is 35.8 Å². The first kappa shape index (κ1) is 37.1. The number of carbonyl (C=O) groups is 3. The number of amides is 3. The van der Waals surface area contributed by atoms with Crippen molar-refractivity contribution in [3.8, 4) is 5.75 Å². The molecule has 0 radical (unpaired) electrons. The average molecular weight is 731 g/mol. The summed E-state index contributed by atoms with van der Waals surface area (Å²) < 4.78 is 12.4. The lowest BCUT2D eigenvalue weighted by Crippen LogP contribution is -2.52. The van der Waals surface area contributed by atoms with Crippen molar-refractivity contribution < 1.29 is 39.0 Å². The molecule has 3 aliphatic heterocycles. The number of carbonyl (C=O) groups excluding carboxylic acids is 3. The average Bonchev–Trinajstić information content (AvgIpc) is 3.79. The lowest BCUT2D eigenvalue weighted by molar-refractivity contribution is -0.385. The minimum absolute atomic E-state index is 0.00296. The van der Waals surface area contributed by atoms with Crippen LogP contribution in [0.4, 0.5) is 17.1 Å². The Balaban J connectivity index is 1.42. The van der Waals surface area contributed by atoms with Crippen LogP contribution in [0, 0.1) is 16.0 Å². The molecule has 0 bridgehead atoms. The van der Waals surface area contributed by atoms with Crippen molar-refractivity contribution in [1.82, 2.24) is 4.90 Å². The van der Waals surface area contributed by atoms with Crippen molar-refractivity contribution in [1.29, 1.82) is 0 Å². The molecule has 2 fully saturated rings. The van der Waals surface area contributed by atoms with E-state index in [2.05, 4.69) is 18.4 Å². The van der Waals surface area contributed by atoms with E-state index in [4.69, 9.17) is 9.47 Å². The molecule has 3 aromatic carbocycles. The van der Waals surface area contributed by atoms with Gasteiger partial charge in [-0.25, -0.2) is 0 Å². The highest BCUT2D eigenvalue weighted by Crippen LogP contribution is 2.60. The van der Waals surface area contributed by atoms with Gasteiger partial charge in [0.25, 0.3) is 17.5 Å². The van der Waals surface area contributed by atoms with E-state index < -0.39 is 42.6 Å². The first-order valence-electron chi connectivity index (χ1n) is 17.6. The van der Waals surface area contributed by atoms with Crippen LogP contribution in [0.15, 0.2) is 66.7 Å². The van der Waals surface area contributed by atoms with Crippen molar-refractivity contribution >= 4 is 48.0 Å². The van der Waals surface area contributed by atoms with Crippen LogP contribution in [0.1, 0.15) is 44.2 Å². The summed E-state index contributed by atoms with van der Waals surface area (Å²) >= 11 is 0. The van der Waals surface area contributed by atoms with Crippen LogP contribution < -0.4 is 20.1 Å². The van der Waals surface area contributed by atoms with Crippen molar-refractivity contribution in [2.24, 2.45) is 5.92 Å². The molecule has 6 rings (SSSR count). The molecule has 0 aromatic heterocycles. The number of aliphatic hydroxyl groups is 2. The van der Waals surface area contributed by atoms with Gasteiger partial charge in [0.15, 0.2) is 5.60 Å². The smallest absolute Gasteiger partial charge is 0.269 e. The van der Waals surface area contributed by atoms with Gasteiger partial charge in [0.2, 0.25) is 5.91 Å². The third kappa shape index (κ3) is 6.48. The normalized spacial score (nSPS) is 24.6. The summed E-state index contributed by atoms with van der Waals surface area (Å²) in [7, 11) is -0.998. The van der Waals surface area contributed by atoms with Crippen LogP contribution in [-0.4, -0.2) is 84.3 Å². The lowest BCUT2D eigenvalue weighted by atomic mass is 9.82. The summed E-state index contributed by atoms with van der Waals surface area (Å²) in [6.45, 7) is 8.25. The third-order valence-electron chi connectivity index (χ3n) is 11.3. The maximum atomic E-state index is 15.1. The summed E-state index contributed by atoms with van der Waals surface area (Å²) in [4.78, 5) is 56.0. The Bertz CT molecular complexity index is 1850. The number of fused-ring (bicyclic) bond motifs is 2. The minimum atomic E-state index is -2.60. The van der Waals surface area contributed by atoms with E-state index in [1.165, 1.54) is 19.1 Å². The standard InChI is InChI=1S/C38H46N4O9Si/c1-23-35(52(4,5)30-15-13-29(50-3)14-16-30)33(20-34(45)40-18-6-7-28(40)22-43)51-38(23)31-19-27(42(48)49)12-17-32(31)41(37(38)47)21-25-8-10-26(11-9-25)39-36(46)24(2)44/h8-17,19,23-24,28,33,35,43-44H,6-7,18,20-22H2,1-5H3,(H,39,46)/t23-,24+,28+,33+,35-,38+/m1/s1. The Morgan fingerprint density at radius 3 is 2.44 bits per heavy atom. The molecule has 14 heteroatoms. The van der Waals surface area contributed by atoms with E-state index in [0.29, 0.717) is 35.7 Å². The molecule has 3 heterocycles. The topological polar surface area (TPSA) is 172 Å². The fourth-order valence-electron chi connectivity index (χ4n) is 8.54. The third-order valence-corrected chi connectivity index (χ3v) is 15.6. The number of aliphatic hydroxyl groups excluding tert-OH is 2. The fourth-order valence-corrected chi connectivity index (χ4v) is 12.5. The van der Waals surface area contributed by atoms with Crippen LogP contribution in [0.3, 0.4) is 0 Å². The van der Waals surface area contributed by atoms with Crippen molar-refractivity contribution in [2.75, 3.05) is 30.5 Å². The lowest BCUT2D eigenvalue weighted by Gasteiger charge is -2.37. The van der Waals surface area contributed by atoms with E-state index >= 15 is 4.79 Å². The highest BCUT2D eigenvalue weighted by Gasteiger charge is 2.67. The van der Waals surface area contributed by atoms with E-state index in [1.807, 2.05) is 31.2 Å². The molecular weight excluding hydrogens is 685 g/mol. The highest BCUT2D eigenvalue weighted by atomic mass is 28.3. The minimum Gasteiger partial charge on any atom is -0.497 e. The number of anilines is 2. The summed E-state index contributed by atoms with van der Waals surface area (Å²) in [6.07, 6.45) is -0.381. The number of benzene rings is 3.